The highest BCUT2D eigenvalue weighted by atomic mass is 16.5. The van der Waals surface area contributed by atoms with Gasteiger partial charge in [-0.3, -0.25) is 9.78 Å². The molecule has 1 aromatic carbocycles. The second-order valence-corrected chi connectivity index (χ2v) is 6.67. The molecule has 0 radical (unpaired) electrons. The number of rotatable bonds is 3. The molecule has 6 nitrogen and oxygen atoms in total. The van der Waals surface area contributed by atoms with E-state index in [2.05, 4.69) is 39.5 Å². The fraction of sp³-hybridized carbons (Fsp3) is 0.400. The van der Waals surface area contributed by atoms with Gasteiger partial charge in [-0.15, -0.1) is 0 Å². The third-order valence-corrected chi connectivity index (χ3v) is 5.00. The molecular weight excluding hydrogens is 328 g/mol. The standard InChI is InChI=1S/C20H24N4O2/c25-20(23-10-12-26-13-11-23)18-14-17(6-7-21-18)24-9-8-22-19(15-24)16-4-2-1-3-5-16/h1-7,14,19,22H,8-13,15H2. The van der Waals surface area contributed by atoms with E-state index < -0.39 is 0 Å². The van der Waals surface area contributed by atoms with Gasteiger partial charge in [0, 0.05) is 50.6 Å². The lowest BCUT2D eigenvalue weighted by Gasteiger charge is -2.35. The minimum absolute atomic E-state index is 0.00936. The summed E-state index contributed by atoms with van der Waals surface area (Å²) < 4.78 is 5.33. The van der Waals surface area contributed by atoms with E-state index in [1.54, 1.807) is 6.20 Å². The number of pyridine rings is 1. The summed E-state index contributed by atoms with van der Waals surface area (Å²) in [6, 6.07) is 14.7. The summed E-state index contributed by atoms with van der Waals surface area (Å²) in [7, 11) is 0. The van der Waals surface area contributed by atoms with Crippen molar-refractivity contribution >= 4 is 11.6 Å². The van der Waals surface area contributed by atoms with Crippen LogP contribution in [0, 0.1) is 0 Å². The Morgan fingerprint density at radius 1 is 1.12 bits per heavy atom. The topological polar surface area (TPSA) is 57.7 Å². The van der Waals surface area contributed by atoms with Crippen LogP contribution in [0.15, 0.2) is 48.7 Å². The van der Waals surface area contributed by atoms with Crippen molar-refractivity contribution in [2.75, 3.05) is 50.8 Å². The molecule has 1 atom stereocenters. The lowest BCUT2D eigenvalue weighted by molar-refractivity contribution is 0.0299. The van der Waals surface area contributed by atoms with Crippen LogP contribution in [0.25, 0.3) is 0 Å². The molecular formula is C20H24N4O2. The van der Waals surface area contributed by atoms with E-state index in [9.17, 15) is 4.79 Å². The maximum atomic E-state index is 12.7. The van der Waals surface area contributed by atoms with E-state index in [-0.39, 0.29) is 11.9 Å². The van der Waals surface area contributed by atoms with Crippen LogP contribution in [0.4, 0.5) is 5.69 Å². The zero-order valence-corrected chi connectivity index (χ0v) is 14.8. The number of amides is 1. The molecule has 2 saturated heterocycles. The Kier molecular flexibility index (Phi) is 5.13. The van der Waals surface area contributed by atoms with Crippen molar-refractivity contribution < 1.29 is 9.53 Å². The number of ether oxygens (including phenoxy) is 1. The van der Waals surface area contributed by atoms with Gasteiger partial charge in [0.15, 0.2) is 0 Å². The molecule has 26 heavy (non-hydrogen) atoms. The van der Waals surface area contributed by atoms with Crippen molar-refractivity contribution in [1.29, 1.82) is 0 Å². The van der Waals surface area contributed by atoms with Gasteiger partial charge in [-0.2, -0.15) is 0 Å². The minimum atomic E-state index is -0.00936. The fourth-order valence-electron chi connectivity index (χ4n) is 3.55. The first-order chi connectivity index (χ1) is 12.8. The number of carbonyl (C=O) groups excluding carboxylic acids is 1. The summed E-state index contributed by atoms with van der Waals surface area (Å²) in [6.07, 6.45) is 1.74. The molecule has 1 N–H and O–H groups in total. The van der Waals surface area contributed by atoms with Gasteiger partial charge in [-0.05, 0) is 17.7 Å². The Hall–Kier alpha value is -2.44. The highest BCUT2D eigenvalue weighted by molar-refractivity contribution is 5.93. The number of aromatic nitrogens is 1. The van der Waals surface area contributed by atoms with Crippen LogP contribution in [0.1, 0.15) is 22.1 Å². The van der Waals surface area contributed by atoms with Crippen LogP contribution in [-0.2, 0) is 4.74 Å². The van der Waals surface area contributed by atoms with Crippen molar-refractivity contribution in [1.82, 2.24) is 15.2 Å². The lowest BCUT2D eigenvalue weighted by Crippen LogP contribution is -2.46. The highest BCUT2D eigenvalue weighted by Gasteiger charge is 2.23. The van der Waals surface area contributed by atoms with Crippen molar-refractivity contribution in [3.63, 3.8) is 0 Å². The molecule has 0 saturated carbocycles. The van der Waals surface area contributed by atoms with Gasteiger partial charge >= 0.3 is 0 Å². The Bertz CT molecular complexity index is 746. The van der Waals surface area contributed by atoms with Gasteiger partial charge in [-0.25, -0.2) is 0 Å². The first-order valence-corrected chi connectivity index (χ1v) is 9.17. The Balaban J connectivity index is 1.49. The molecule has 0 spiro atoms. The first kappa shape index (κ1) is 17.0. The highest BCUT2D eigenvalue weighted by Crippen LogP contribution is 2.23. The van der Waals surface area contributed by atoms with Crippen LogP contribution < -0.4 is 10.2 Å². The monoisotopic (exact) mass is 352 g/mol. The number of carbonyl (C=O) groups is 1. The smallest absolute Gasteiger partial charge is 0.272 e. The number of piperazine rings is 1. The molecule has 136 valence electrons. The molecule has 1 unspecified atom stereocenters. The number of hydrogen-bond donors (Lipinski definition) is 1. The molecule has 0 aliphatic carbocycles. The molecule has 2 aromatic rings. The van der Waals surface area contributed by atoms with E-state index in [4.69, 9.17) is 4.74 Å². The molecule has 2 aliphatic rings. The van der Waals surface area contributed by atoms with Gasteiger partial charge < -0.3 is 19.9 Å². The Morgan fingerprint density at radius 2 is 1.92 bits per heavy atom. The fourth-order valence-corrected chi connectivity index (χ4v) is 3.55. The number of nitrogens with zero attached hydrogens (tertiary/aromatic N) is 3. The van der Waals surface area contributed by atoms with Crippen LogP contribution in [0.2, 0.25) is 0 Å². The molecule has 1 aromatic heterocycles. The van der Waals surface area contributed by atoms with E-state index in [1.807, 2.05) is 23.1 Å². The zero-order valence-electron chi connectivity index (χ0n) is 14.8. The lowest BCUT2D eigenvalue weighted by atomic mass is 10.0. The normalized spacial score (nSPS) is 20.8. The van der Waals surface area contributed by atoms with Gasteiger partial charge in [0.05, 0.1) is 13.2 Å². The van der Waals surface area contributed by atoms with Crippen molar-refractivity contribution in [3.05, 3.63) is 59.9 Å². The first-order valence-electron chi connectivity index (χ1n) is 9.17. The van der Waals surface area contributed by atoms with Crippen molar-refractivity contribution in [2.24, 2.45) is 0 Å². The van der Waals surface area contributed by atoms with E-state index >= 15 is 0 Å². The average molecular weight is 352 g/mol. The van der Waals surface area contributed by atoms with E-state index in [0.717, 1.165) is 25.3 Å². The summed E-state index contributed by atoms with van der Waals surface area (Å²) in [6.45, 7) is 5.17. The van der Waals surface area contributed by atoms with Crippen LogP contribution in [-0.4, -0.2) is 61.7 Å². The van der Waals surface area contributed by atoms with Gasteiger partial charge in [0.25, 0.3) is 5.91 Å². The predicted octanol–water partition coefficient (Wildman–Crippen LogP) is 1.70. The number of nitrogens with one attached hydrogen (secondary N) is 1. The van der Waals surface area contributed by atoms with Crippen molar-refractivity contribution in [2.45, 2.75) is 6.04 Å². The molecule has 3 heterocycles. The summed E-state index contributed by atoms with van der Waals surface area (Å²) >= 11 is 0. The van der Waals surface area contributed by atoms with Gasteiger partial charge in [0.2, 0.25) is 0 Å². The Morgan fingerprint density at radius 3 is 2.73 bits per heavy atom. The summed E-state index contributed by atoms with van der Waals surface area (Å²) in [4.78, 5) is 21.2. The second kappa shape index (κ2) is 7.85. The SMILES string of the molecule is O=C(c1cc(N2CCNC(c3ccccc3)C2)ccn1)N1CCOCC1. The third kappa shape index (κ3) is 3.71. The molecule has 4 rings (SSSR count). The largest absolute Gasteiger partial charge is 0.378 e. The van der Waals surface area contributed by atoms with Crippen LogP contribution >= 0.6 is 0 Å². The number of anilines is 1. The summed E-state index contributed by atoms with van der Waals surface area (Å²) in [5.41, 5.74) is 2.86. The maximum absolute atomic E-state index is 12.7. The third-order valence-electron chi connectivity index (χ3n) is 5.00. The van der Waals surface area contributed by atoms with Crippen molar-refractivity contribution in [3.8, 4) is 0 Å². The average Bonchev–Trinajstić information content (AvgIpc) is 2.75. The molecule has 1 amide bonds. The minimum Gasteiger partial charge on any atom is -0.378 e. The van der Waals surface area contributed by atoms with Gasteiger partial charge in [-0.1, -0.05) is 30.3 Å². The zero-order chi connectivity index (χ0) is 17.8. The molecule has 6 heteroatoms. The van der Waals surface area contributed by atoms with Crippen LogP contribution in [0.5, 0.6) is 0 Å². The Labute approximate surface area is 153 Å². The quantitative estimate of drug-likeness (QED) is 0.911. The number of hydrogen-bond acceptors (Lipinski definition) is 5. The van der Waals surface area contributed by atoms with E-state index in [0.29, 0.717) is 32.0 Å². The maximum Gasteiger partial charge on any atom is 0.272 e. The molecule has 2 aliphatic heterocycles. The number of morpholine rings is 1. The van der Waals surface area contributed by atoms with E-state index in [1.165, 1.54) is 5.56 Å². The summed E-state index contributed by atoms with van der Waals surface area (Å²) in [5.74, 6) is -0.00936. The van der Waals surface area contributed by atoms with Crippen LogP contribution in [0.3, 0.4) is 0 Å². The molecule has 0 bridgehead atoms. The predicted molar refractivity (Wildman–Crippen MR) is 100 cm³/mol. The second-order valence-electron chi connectivity index (χ2n) is 6.67. The summed E-state index contributed by atoms with van der Waals surface area (Å²) in [5, 5.41) is 3.58. The molecule has 2 fully saturated rings. The van der Waals surface area contributed by atoms with Gasteiger partial charge in [0.1, 0.15) is 5.69 Å². The number of benzene rings is 1.